The molecule has 1 aromatic carbocycles. The van der Waals surface area contributed by atoms with Crippen molar-refractivity contribution < 1.29 is 4.79 Å². The standard InChI is InChI=1S/C14H20BrNOS/c1-4-16(5-2)8-9-18-14-10-12(15)6-7-13(14)11(3)17/h6-7,10H,4-5,8-9H2,1-3H3. The number of thioether (sulfide) groups is 1. The molecule has 18 heavy (non-hydrogen) atoms. The van der Waals surface area contributed by atoms with Crippen LogP contribution in [0.1, 0.15) is 31.1 Å². The lowest BCUT2D eigenvalue weighted by atomic mass is 10.1. The van der Waals surface area contributed by atoms with Crippen molar-refractivity contribution in [3.8, 4) is 0 Å². The van der Waals surface area contributed by atoms with E-state index in [1.807, 2.05) is 18.2 Å². The first-order valence-corrected chi connectivity index (χ1v) is 8.02. The molecule has 0 N–H and O–H groups in total. The van der Waals surface area contributed by atoms with E-state index in [0.717, 1.165) is 40.3 Å². The summed E-state index contributed by atoms with van der Waals surface area (Å²) in [6.45, 7) is 9.19. The predicted octanol–water partition coefficient (Wildman–Crippen LogP) is 4.09. The van der Waals surface area contributed by atoms with E-state index in [2.05, 4.69) is 34.7 Å². The highest BCUT2D eigenvalue weighted by atomic mass is 79.9. The van der Waals surface area contributed by atoms with Gasteiger partial charge < -0.3 is 4.90 Å². The van der Waals surface area contributed by atoms with Crippen molar-refractivity contribution in [1.29, 1.82) is 0 Å². The second-order valence-electron chi connectivity index (χ2n) is 4.07. The number of carbonyl (C=O) groups excluding carboxylic acids is 1. The van der Waals surface area contributed by atoms with Crippen molar-refractivity contribution in [3.63, 3.8) is 0 Å². The zero-order chi connectivity index (χ0) is 13.5. The number of hydrogen-bond donors (Lipinski definition) is 0. The summed E-state index contributed by atoms with van der Waals surface area (Å²) in [5.74, 6) is 1.14. The molecular weight excluding hydrogens is 310 g/mol. The maximum absolute atomic E-state index is 11.5. The van der Waals surface area contributed by atoms with Crippen molar-refractivity contribution in [1.82, 2.24) is 4.90 Å². The zero-order valence-corrected chi connectivity index (χ0v) is 13.6. The van der Waals surface area contributed by atoms with Gasteiger partial charge in [0, 0.05) is 27.2 Å². The summed E-state index contributed by atoms with van der Waals surface area (Å²) < 4.78 is 1.03. The number of nitrogens with zero attached hydrogens (tertiary/aromatic N) is 1. The van der Waals surface area contributed by atoms with Crippen LogP contribution < -0.4 is 0 Å². The molecule has 1 rings (SSSR count). The van der Waals surface area contributed by atoms with Gasteiger partial charge in [-0.25, -0.2) is 0 Å². The lowest BCUT2D eigenvalue weighted by molar-refractivity contribution is 0.101. The highest BCUT2D eigenvalue weighted by molar-refractivity contribution is 9.10. The van der Waals surface area contributed by atoms with E-state index in [1.165, 1.54) is 0 Å². The molecule has 0 aliphatic heterocycles. The Labute approximate surface area is 122 Å². The first-order valence-electron chi connectivity index (χ1n) is 6.24. The Hall–Kier alpha value is -0.320. The molecule has 1 aromatic rings. The summed E-state index contributed by atoms with van der Waals surface area (Å²) in [6, 6.07) is 5.85. The summed E-state index contributed by atoms with van der Waals surface area (Å²) in [5.41, 5.74) is 0.822. The van der Waals surface area contributed by atoms with Crippen molar-refractivity contribution in [2.24, 2.45) is 0 Å². The Morgan fingerprint density at radius 3 is 2.56 bits per heavy atom. The average Bonchev–Trinajstić information content (AvgIpc) is 2.34. The van der Waals surface area contributed by atoms with Crippen LogP contribution >= 0.6 is 27.7 Å². The first-order chi connectivity index (χ1) is 8.58. The van der Waals surface area contributed by atoms with Crippen LogP contribution in [0.3, 0.4) is 0 Å². The van der Waals surface area contributed by atoms with Gasteiger partial charge in [-0.1, -0.05) is 29.8 Å². The predicted molar refractivity (Wildman–Crippen MR) is 82.7 cm³/mol. The summed E-state index contributed by atoms with van der Waals surface area (Å²) in [6.07, 6.45) is 0. The molecule has 0 heterocycles. The van der Waals surface area contributed by atoms with Crippen LogP contribution in [0.15, 0.2) is 27.6 Å². The SMILES string of the molecule is CCN(CC)CCSc1cc(Br)ccc1C(C)=O. The van der Waals surface area contributed by atoms with Crippen molar-refractivity contribution in [3.05, 3.63) is 28.2 Å². The highest BCUT2D eigenvalue weighted by Crippen LogP contribution is 2.27. The second kappa shape index (κ2) is 7.97. The summed E-state index contributed by atoms with van der Waals surface area (Å²) in [5, 5.41) is 0. The Morgan fingerprint density at radius 1 is 1.33 bits per heavy atom. The fraction of sp³-hybridized carbons (Fsp3) is 0.500. The van der Waals surface area contributed by atoms with E-state index in [9.17, 15) is 4.79 Å². The fourth-order valence-electron chi connectivity index (χ4n) is 1.73. The first kappa shape index (κ1) is 15.7. The van der Waals surface area contributed by atoms with E-state index in [0.29, 0.717) is 0 Å². The third-order valence-corrected chi connectivity index (χ3v) is 4.41. The van der Waals surface area contributed by atoms with Crippen LogP contribution in [0.4, 0.5) is 0 Å². The van der Waals surface area contributed by atoms with Gasteiger partial charge in [-0.15, -0.1) is 11.8 Å². The van der Waals surface area contributed by atoms with Gasteiger partial charge in [0.2, 0.25) is 0 Å². The van der Waals surface area contributed by atoms with Gasteiger partial charge in [-0.2, -0.15) is 0 Å². The normalized spacial score (nSPS) is 10.9. The molecule has 0 radical (unpaired) electrons. The number of ketones is 1. The van der Waals surface area contributed by atoms with E-state index in [-0.39, 0.29) is 5.78 Å². The molecule has 0 aliphatic rings. The molecular formula is C14H20BrNOS. The average molecular weight is 330 g/mol. The maximum atomic E-state index is 11.5. The minimum absolute atomic E-state index is 0.132. The highest BCUT2D eigenvalue weighted by Gasteiger charge is 2.08. The van der Waals surface area contributed by atoms with Crippen LogP contribution in [-0.4, -0.2) is 36.1 Å². The topological polar surface area (TPSA) is 20.3 Å². The van der Waals surface area contributed by atoms with Crippen LogP contribution in [0, 0.1) is 0 Å². The van der Waals surface area contributed by atoms with Gasteiger partial charge >= 0.3 is 0 Å². The number of carbonyl (C=O) groups is 1. The Bertz CT molecular complexity index is 405. The lowest BCUT2D eigenvalue weighted by Gasteiger charge is -2.17. The number of hydrogen-bond acceptors (Lipinski definition) is 3. The van der Waals surface area contributed by atoms with Crippen molar-refractivity contribution in [2.45, 2.75) is 25.7 Å². The van der Waals surface area contributed by atoms with Gasteiger partial charge in [-0.3, -0.25) is 4.79 Å². The van der Waals surface area contributed by atoms with E-state index < -0.39 is 0 Å². The largest absolute Gasteiger partial charge is 0.303 e. The van der Waals surface area contributed by atoms with Gasteiger partial charge in [0.15, 0.2) is 5.78 Å². The van der Waals surface area contributed by atoms with Crippen molar-refractivity contribution in [2.75, 3.05) is 25.4 Å². The summed E-state index contributed by atoms with van der Waals surface area (Å²) in [4.78, 5) is 15.0. The van der Waals surface area contributed by atoms with E-state index in [1.54, 1.807) is 18.7 Å². The van der Waals surface area contributed by atoms with Crippen molar-refractivity contribution >= 4 is 33.5 Å². The lowest BCUT2D eigenvalue weighted by Crippen LogP contribution is -2.25. The number of Topliss-reactive ketones (excluding diaryl/α,β-unsaturated/α-hetero) is 1. The molecule has 0 saturated carbocycles. The monoisotopic (exact) mass is 329 g/mol. The van der Waals surface area contributed by atoms with E-state index >= 15 is 0 Å². The summed E-state index contributed by atoms with van der Waals surface area (Å²) in [7, 11) is 0. The minimum atomic E-state index is 0.132. The summed E-state index contributed by atoms with van der Waals surface area (Å²) >= 11 is 5.21. The van der Waals surface area contributed by atoms with Gasteiger partial charge in [0.1, 0.15) is 0 Å². The zero-order valence-electron chi connectivity index (χ0n) is 11.2. The molecule has 0 fully saturated rings. The van der Waals surface area contributed by atoms with Crippen LogP contribution in [0.5, 0.6) is 0 Å². The third-order valence-electron chi connectivity index (χ3n) is 2.88. The molecule has 2 nitrogen and oxygen atoms in total. The van der Waals surface area contributed by atoms with Crippen LogP contribution in [-0.2, 0) is 0 Å². The molecule has 0 aliphatic carbocycles. The van der Waals surface area contributed by atoms with E-state index in [4.69, 9.17) is 0 Å². The molecule has 0 amide bonds. The number of rotatable bonds is 7. The maximum Gasteiger partial charge on any atom is 0.160 e. The number of benzene rings is 1. The molecule has 0 unspecified atom stereocenters. The molecule has 0 saturated heterocycles. The van der Waals surface area contributed by atoms with Gasteiger partial charge in [-0.05, 0) is 38.2 Å². The minimum Gasteiger partial charge on any atom is -0.303 e. The third kappa shape index (κ3) is 4.75. The van der Waals surface area contributed by atoms with Crippen LogP contribution in [0.25, 0.3) is 0 Å². The smallest absolute Gasteiger partial charge is 0.160 e. The molecule has 0 aromatic heterocycles. The van der Waals surface area contributed by atoms with Gasteiger partial charge in [0.25, 0.3) is 0 Å². The van der Waals surface area contributed by atoms with Crippen LogP contribution in [0.2, 0.25) is 0 Å². The Balaban J connectivity index is 2.66. The molecule has 0 atom stereocenters. The molecule has 4 heteroatoms. The quantitative estimate of drug-likeness (QED) is 0.555. The molecule has 100 valence electrons. The Kier molecular flexibility index (Phi) is 6.97. The number of halogens is 1. The Morgan fingerprint density at radius 2 is 2.00 bits per heavy atom. The second-order valence-corrected chi connectivity index (χ2v) is 6.12. The molecule has 0 spiro atoms. The van der Waals surface area contributed by atoms with Gasteiger partial charge in [0.05, 0.1) is 0 Å². The fourth-order valence-corrected chi connectivity index (χ4v) is 3.39. The molecule has 0 bridgehead atoms.